The molecule has 1 amide bonds. The third-order valence-corrected chi connectivity index (χ3v) is 5.30. The maximum atomic E-state index is 12.5. The lowest BCUT2D eigenvalue weighted by atomic mass is 10.3. The minimum absolute atomic E-state index is 0.0296. The van der Waals surface area contributed by atoms with Crippen molar-refractivity contribution in [2.45, 2.75) is 19.6 Å². The maximum absolute atomic E-state index is 12.5. The van der Waals surface area contributed by atoms with E-state index in [0.717, 1.165) is 14.7 Å². The lowest BCUT2D eigenvalue weighted by Crippen LogP contribution is -2.27. The lowest BCUT2D eigenvalue weighted by molar-refractivity contribution is -0.141. The molecule has 6 nitrogen and oxygen atoms in total. The summed E-state index contributed by atoms with van der Waals surface area (Å²) in [6, 6.07) is 14.7. The Kier molecular flexibility index (Phi) is 6.08. The Balaban J connectivity index is 1.97. The molecule has 27 heavy (non-hydrogen) atoms. The van der Waals surface area contributed by atoms with Crippen LogP contribution in [0.4, 0.5) is 0 Å². The van der Waals surface area contributed by atoms with E-state index in [1.807, 2.05) is 36.4 Å². The molecule has 1 atom stereocenters. The summed E-state index contributed by atoms with van der Waals surface area (Å²) in [7, 11) is 1.33. The summed E-state index contributed by atoms with van der Waals surface area (Å²) in [5, 5.41) is 0. The normalized spacial score (nSPS) is 12.8. The fraction of sp³-hybridized carbons (Fsp3) is 0.211. The van der Waals surface area contributed by atoms with Gasteiger partial charge in [0.05, 0.1) is 17.3 Å². The number of carbonyl (C=O) groups excluding carboxylic acids is 2. The number of para-hydroxylation sites is 1. The molecule has 1 aromatic heterocycles. The zero-order valence-corrected chi connectivity index (χ0v) is 17.1. The number of esters is 1. The molecular formula is C19H17BrN2O4S. The molecule has 0 bridgehead atoms. The Morgan fingerprint density at radius 1 is 1.22 bits per heavy atom. The molecule has 2 aromatic carbocycles. The van der Waals surface area contributed by atoms with Gasteiger partial charge in [-0.1, -0.05) is 45.5 Å². The molecule has 8 heteroatoms. The van der Waals surface area contributed by atoms with Gasteiger partial charge in [0.1, 0.15) is 12.3 Å². The second-order valence-corrected chi connectivity index (χ2v) is 7.61. The highest BCUT2D eigenvalue weighted by atomic mass is 79.9. The van der Waals surface area contributed by atoms with Crippen molar-refractivity contribution in [2.24, 2.45) is 4.99 Å². The topological polar surface area (TPSA) is 69.9 Å². The van der Waals surface area contributed by atoms with E-state index >= 15 is 0 Å². The molecule has 0 aliphatic rings. The highest BCUT2D eigenvalue weighted by molar-refractivity contribution is 9.10. The van der Waals surface area contributed by atoms with Crippen LogP contribution in [-0.2, 0) is 20.9 Å². The summed E-state index contributed by atoms with van der Waals surface area (Å²) in [6.45, 7) is 1.62. The number of hydrogen-bond donors (Lipinski definition) is 0. The molecule has 0 radical (unpaired) electrons. The highest BCUT2D eigenvalue weighted by Crippen LogP contribution is 2.22. The molecule has 3 aromatic rings. The summed E-state index contributed by atoms with van der Waals surface area (Å²) in [5.41, 5.74) is 0.803. The molecule has 0 spiro atoms. The van der Waals surface area contributed by atoms with E-state index in [0.29, 0.717) is 10.6 Å². The van der Waals surface area contributed by atoms with Crippen LogP contribution in [0.3, 0.4) is 0 Å². The standard InChI is InChI=1S/C19H17BrN2O4S/c1-12(26-14-6-4-3-5-7-14)18(24)21-19-22(11-17(23)25-2)15-9-8-13(20)10-16(15)27-19/h3-10,12H,11H2,1-2H3. The van der Waals surface area contributed by atoms with Gasteiger partial charge in [0.2, 0.25) is 0 Å². The smallest absolute Gasteiger partial charge is 0.325 e. The first-order valence-electron chi connectivity index (χ1n) is 8.14. The Hall–Kier alpha value is -2.45. The third-order valence-electron chi connectivity index (χ3n) is 3.77. The number of carbonyl (C=O) groups is 2. The average Bonchev–Trinajstić information content (AvgIpc) is 2.98. The molecule has 1 unspecified atom stereocenters. The molecule has 0 fully saturated rings. The number of aromatic nitrogens is 1. The zero-order valence-electron chi connectivity index (χ0n) is 14.7. The molecule has 1 heterocycles. The van der Waals surface area contributed by atoms with E-state index in [1.54, 1.807) is 23.6 Å². The SMILES string of the molecule is COC(=O)Cn1c(=NC(=O)C(C)Oc2ccccc2)sc2cc(Br)ccc21. The van der Waals surface area contributed by atoms with Gasteiger partial charge in [0.25, 0.3) is 5.91 Å². The van der Waals surface area contributed by atoms with Crippen molar-refractivity contribution in [3.8, 4) is 5.75 Å². The molecule has 0 N–H and O–H groups in total. The average molecular weight is 449 g/mol. The van der Waals surface area contributed by atoms with E-state index in [9.17, 15) is 9.59 Å². The zero-order chi connectivity index (χ0) is 19.4. The quantitative estimate of drug-likeness (QED) is 0.559. The highest BCUT2D eigenvalue weighted by Gasteiger charge is 2.16. The second-order valence-electron chi connectivity index (χ2n) is 5.68. The summed E-state index contributed by atoms with van der Waals surface area (Å²) >= 11 is 4.75. The number of thiazole rings is 1. The van der Waals surface area contributed by atoms with Crippen molar-refractivity contribution in [3.05, 3.63) is 57.8 Å². The van der Waals surface area contributed by atoms with Crippen LogP contribution in [0.1, 0.15) is 6.92 Å². The number of nitrogens with zero attached hydrogens (tertiary/aromatic N) is 2. The Labute approximate surface area is 168 Å². The van der Waals surface area contributed by atoms with Crippen LogP contribution < -0.4 is 9.54 Å². The van der Waals surface area contributed by atoms with Crippen molar-refractivity contribution in [1.29, 1.82) is 0 Å². The van der Waals surface area contributed by atoms with Gasteiger partial charge in [0, 0.05) is 4.47 Å². The van der Waals surface area contributed by atoms with Crippen LogP contribution in [0.15, 0.2) is 58.0 Å². The summed E-state index contributed by atoms with van der Waals surface area (Å²) in [6.07, 6.45) is -0.754. The van der Waals surface area contributed by atoms with Crippen molar-refractivity contribution >= 4 is 49.4 Å². The second kappa shape index (κ2) is 8.49. The first-order valence-corrected chi connectivity index (χ1v) is 9.75. The minimum Gasteiger partial charge on any atom is -0.481 e. The minimum atomic E-state index is -0.754. The van der Waals surface area contributed by atoms with Crippen LogP contribution >= 0.6 is 27.3 Å². The molecule has 140 valence electrons. The number of amides is 1. The molecule has 0 saturated heterocycles. The number of halogens is 1. The van der Waals surface area contributed by atoms with Crippen molar-refractivity contribution in [3.63, 3.8) is 0 Å². The Bertz CT molecular complexity index is 1040. The van der Waals surface area contributed by atoms with Gasteiger partial charge in [-0.3, -0.25) is 9.59 Å². The van der Waals surface area contributed by atoms with Gasteiger partial charge < -0.3 is 14.0 Å². The van der Waals surface area contributed by atoms with Gasteiger partial charge in [-0.2, -0.15) is 4.99 Å². The summed E-state index contributed by atoms with van der Waals surface area (Å²) in [5.74, 6) is -0.251. The van der Waals surface area contributed by atoms with Crippen LogP contribution in [-0.4, -0.2) is 29.7 Å². The van der Waals surface area contributed by atoms with Crippen molar-refractivity contribution < 1.29 is 19.1 Å². The number of benzene rings is 2. The number of rotatable bonds is 5. The van der Waals surface area contributed by atoms with Crippen molar-refractivity contribution in [2.75, 3.05) is 7.11 Å². The van der Waals surface area contributed by atoms with E-state index in [-0.39, 0.29) is 6.54 Å². The number of methoxy groups -OCH3 is 1. The van der Waals surface area contributed by atoms with E-state index in [1.165, 1.54) is 18.4 Å². The fourth-order valence-corrected chi connectivity index (χ4v) is 4.00. The third kappa shape index (κ3) is 4.64. The predicted octanol–water partition coefficient (Wildman–Crippen LogP) is 3.53. The summed E-state index contributed by atoms with van der Waals surface area (Å²) in [4.78, 5) is 29.0. The molecular weight excluding hydrogens is 432 g/mol. The fourth-order valence-electron chi connectivity index (χ4n) is 2.42. The molecule has 3 rings (SSSR count). The number of fused-ring (bicyclic) bond motifs is 1. The molecule has 0 aliphatic heterocycles. The first kappa shape index (κ1) is 19.3. The van der Waals surface area contributed by atoms with Crippen LogP contribution in [0.5, 0.6) is 5.75 Å². The van der Waals surface area contributed by atoms with E-state index in [4.69, 9.17) is 9.47 Å². The predicted molar refractivity (Wildman–Crippen MR) is 107 cm³/mol. The maximum Gasteiger partial charge on any atom is 0.325 e. The van der Waals surface area contributed by atoms with E-state index in [2.05, 4.69) is 20.9 Å². The summed E-state index contributed by atoms with van der Waals surface area (Å²) < 4.78 is 13.9. The van der Waals surface area contributed by atoms with Gasteiger partial charge in [-0.25, -0.2) is 0 Å². The van der Waals surface area contributed by atoms with Gasteiger partial charge >= 0.3 is 5.97 Å². The largest absolute Gasteiger partial charge is 0.481 e. The van der Waals surface area contributed by atoms with Crippen LogP contribution in [0.2, 0.25) is 0 Å². The van der Waals surface area contributed by atoms with E-state index < -0.39 is 18.0 Å². The monoisotopic (exact) mass is 448 g/mol. The Morgan fingerprint density at radius 3 is 2.67 bits per heavy atom. The Morgan fingerprint density at radius 2 is 1.96 bits per heavy atom. The van der Waals surface area contributed by atoms with Gasteiger partial charge in [-0.05, 0) is 37.3 Å². The lowest BCUT2D eigenvalue weighted by Gasteiger charge is -2.10. The molecule has 0 aliphatic carbocycles. The number of hydrogen-bond acceptors (Lipinski definition) is 5. The molecule has 0 saturated carbocycles. The van der Waals surface area contributed by atoms with Gasteiger partial charge in [0.15, 0.2) is 10.9 Å². The van der Waals surface area contributed by atoms with Crippen LogP contribution in [0.25, 0.3) is 10.2 Å². The first-order chi connectivity index (χ1) is 13.0. The van der Waals surface area contributed by atoms with Gasteiger partial charge in [-0.15, -0.1) is 0 Å². The van der Waals surface area contributed by atoms with Crippen molar-refractivity contribution in [1.82, 2.24) is 4.57 Å². The number of ether oxygens (including phenoxy) is 2. The van der Waals surface area contributed by atoms with Crippen LogP contribution in [0, 0.1) is 0 Å².